The van der Waals surface area contributed by atoms with E-state index in [2.05, 4.69) is 10.6 Å². The minimum absolute atomic E-state index is 0.0705. The van der Waals surface area contributed by atoms with Gasteiger partial charge in [0.25, 0.3) is 5.91 Å². The Labute approximate surface area is 135 Å². The van der Waals surface area contributed by atoms with Crippen molar-refractivity contribution in [2.24, 2.45) is 0 Å². The van der Waals surface area contributed by atoms with Crippen LogP contribution in [0.1, 0.15) is 28.3 Å². The molecule has 0 saturated carbocycles. The highest BCUT2D eigenvalue weighted by Crippen LogP contribution is 2.18. The van der Waals surface area contributed by atoms with Gasteiger partial charge in [0.15, 0.2) is 0 Å². The molecule has 5 heteroatoms. The Hall–Kier alpha value is -2.66. The Kier molecular flexibility index (Phi) is 6.32. The molecule has 0 bridgehead atoms. The Bertz CT molecular complexity index is 626. The van der Waals surface area contributed by atoms with Gasteiger partial charge in [-0.15, -0.1) is 0 Å². The van der Waals surface area contributed by atoms with Gasteiger partial charge in [-0.25, -0.2) is 0 Å². The van der Waals surface area contributed by atoms with Crippen molar-refractivity contribution in [1.29, 1.82) is 0 Å². The topological polar surface area (TPSA) is 78.4 Å². The monoisotopic (exact) mass is 312 g/mol. The smallest absolute Gasteiger partial charge is 0.251 e. The van der Waals surface area contributed by atoms with Gasteiger partial charge in [-0.2, -0.15) is 0 Å². The highest BCUT2D eigenvalue weighted by Gasteiger charge is 2.13. The van der Waals surface area contributed by atoms with Gasteiger partial charge < -0.3 is 15.7 Å². The first-order valence-corrected chi connectivity index (χ1v) is 7.49. The van der Waals surface area contributed by atoms with E-state index in [1.807, 2.05) is 30.3 Å². The minimum atomic E-state index is -0.179. The molecule has 0 radical (unpaired) electrons. The van der Waals surface area contributed by atoms with Crippen LogP contribution in [0.3, 0.4) is 0 Å². The molecule has 0 aliphatic heterocycles. The molecule has 23 heavy (non-hydrogen) atoms. The summed E-state index contributed by atoms with van der Waals surface area (Å²) in [6.07, 6.45) is 1.18. The first-order valence-electron chi connectivity index (χ1n) is 7.49. The quantitative estimate of drug-likeness (QED) is 0.654. The molecule has 0 aromatic heterocycles. The number of amides is 2. The summed E-state index contributed by atoms with van der Waals surface area (Å²) in [4.78, 5) is 22.5. The van der Waals surface area contributed by atoms with Gasteiger partial charge in [-0.05, 0) is 36.2 Å². The molecular weight excluding hydrogens is 292 g/mol. The van der Waals surface area contributed by atoms with Crippen LogP contribution in [0.25, 0.3) is 0 Å². The Morgan fingerprint density at radius 3 is 2.39 bits per heavy atom. The number of aliphatic hydroxyl groups excluding tert-OH is 1. The maximum atomic E-state index is 12.2. The second-order valence-corrected chi connectivity index (χ2v) is 5.17. The fourth-order valence-electron chi connectivity index (χ4n) is 2.37. The summed E-state index contributed by atoms with van der Waals surface area (Å²) in [5.41, 5.74) is 2.25. The van der Waals surface area contributed by atoms with Gasteiger partial charge in [0.05, 0.1) is 0 Å². The Balaban J connectivity index is 1.97. The van der Waals surface area contributed by atoms with Crippen molar-refractivity contribution in [2.75, 3.05) is 18.5 Å². The zero-order chi connectivity index (χ0) is 16.5. The molecule has 0 heterocycles. The number of carbonyl (C=O) groups is 2. The molecule has 0 spiro atoms. The van der Waals surface area contributed by atoms with E-state index < -0.39 is 0 Å². The molecule has 2 amide bonds. The van der Waals surface area contributed by atoms with Crippen LogP contribution in [0.5, 0.6) is 0 Å². The Morgan fingerprint density at radius 1 is 1.09 bits per heavy atom. The van der Waals surface area contributed by atoms with E-state index in [0.29, 0.717) is 30.6 Å². The molecule has 2 aromatic rings. The first kappa shape index (κ1) is 16.7. The van der Waals surface area contributed by atoms with E-state index in [4.69, 9.17) is 0 Å². The summed E-state index contributed by atoms with van der Waals surface area (Å²) in [6, 6.07) is 16.5. The molecule has 1 unspecified atom stereocenters. The van der Waals surface area contributed by atoms with Crippen molar-refractivity contribution in [3.8, 4) is 0 Å². The first-order chi connectivity index (χ1) is 11.2. The summed E-state index contributed by atoms with van der Waals surface area (Å²) in [5.74, 6) is -0.109. The molecule has 5 nitrogen and oxygen atoms in total. The summed E-state index contributed by atoms with van der Waals surface area (Å²) in [7, 11) is 0. The number of benzene rings is 2. The van der Waals surface area contributed by atoms with Crippen LogP contribution in [0.4, 0.5) is 5.69 Å². The lowest BCUT2D eigenvalue weighted by Crippen LogP contribution is -2.28. The molecule has 120 valence electrons. The van der Waals surface area contributed by atoms with Gasteiger partial charge in [-0.1, -0.05) is 30.3 Å². The third-order valence-electron chi connectivity index (χ3n) is 3.63. The summed E-state index contributed by atoms with van der Waals surface area (Å²) >= 11 is 0. The van der Waals surface area contributed by atoms with E-state index in [0.717, 1.165) is 5.56 Å². The third-order valence-corrected chi connectivity index (χ3v) is 3.63. The van der Waals surface area contributed by atoms with Crippen LogP contribution < -0.4 is 10.6 Å². The number of nitrogens with one attached hydrogen (secondary N) is 2. The minimum Gasteiger partial charge on any atom is -0.396 e. The predicted molar refractivity (Wildman–Crippen MR) is 89.3 cm³/mol. The van der Waals surface area contributed by atoms with E-state index in [1.54, 1.807) is 24.3 Å². The molecule has 0 fully saturated rings. The van der Waals surface area contributed by atoms with Crippen LogP contribution in [0.15, 0.2) is 54.6 Å². The molecule has 0 aliphatic rings. The van der Waals surface area contributed by atoms with Crippen molar-refractivity contribution in [2.45, 2.75) is 12.3 Å². The third kappa shape index (κ3) is 4.93. The van der Waals surface area contributed by atoms with Crippen molar-refractivity contribution in [3.05, 3.63) is 65.7 Å². The van der Waals surface area contributed by atoms with Crippen LogP contribution in [0, 0.1) is 0 Å². The van der Waals surface area contributed by atoms with E-state index in [9.17, 15) is 14.7 Å². The molecule has 3 N–H and O–H groups in total. The normalized spacial score (nSPS) is 11.5. The van der Waals surface area contributed by atoms with Crippen molar-refractivity contribution >= 4 is 18.0 Å². The van der Waals surface area contributed by atoms with Gasteiger partial charge in [0.1, 0.15) is 0 Å². The molecule has 2 aromatic carbocycles. The lowest BCUT2D eigenvalue weighted by Gasteiger charge is -2.17. The fourth-order valence-corrected chi connectivity index (χ4v) is 2.37. The standard InChI is InChI=1S/C18H20N2O3/c21-11-10-16(14-4-2-1-3-5-14)12-19-18(23)15-6-8-17(9-7-15)20-13-22/h1-9,13,16,21H,10-12H2,(H,19,23)(H,20,22). The van der Waals surface area contributed by atoms with Crippen LogP contribution in [-0.4, -0.2) is 30.6 Å². The Morgan fingerprint density at radius 2 is 1.78 bits per heavy atom. The number of aliphatic hydroxyl groups is 1. The highest BCUT2D eigenvalue weighted by molar-refractivity contribution is 5.94. The lowest BCUT2D eigenvalue weighted by atomic mass is 9.96. The molecule has 2 rings (SSSR count). The summed E-state index contributed by atoms with van der Waals surface area (Å²) < 4.78 is 0. The number of rotatable bonds is 8. The molecule has 0 aliphatic carbocycles. The maximum Gasteiger partial charge on any atom is 0.251 e. The van der Waals surface area contributed by atoms with Crippen molar-refractivity contribution in [1.82, 2.24) is 5.32 Å². The van der Waals surface area contributed by atoms with E-state index in [-0.39, 0.29) is 18.4 Å². The van der Waals surface area contributed by atoms with Gasteiger partial charge >= 0.3 is 0 Å². The second-order valence-electron chi connectivity index (χ2n) is 5.17. The number of hydrogen-bond donors (Lipinski definition) is 3. The number of anilines is 1. The van der Waals surface area contributed by atoms with Gasteiger partial charge in [0.2, 0.25) is 6.41 Å². The molecular formula is C18H20N2O3. The average molecular weight is 312 g/mol. The van der Waals surface area contributed by atoms with Gasteiger partial charge in [-0.3, -0.25) is 9.59 Å². The van der Waals surface area contributed by atoms with Crippen LogP contribution in [-0.2, 0) is 4.79 Å². The predicted octanol–water partition coefficient (Wildman–Crippen LogP) is 2.15. The summed E-state index contributed by atoms with van der Waals surface area (Å²) in [6.45, 7) is 0.527. The second kappa shape index (κ2) is 8.70. The van der Waals surface area contributed by atoms with Crippen LogP contribution >= 0.6 is 0 Å². The number of carbonyl (C=O) groups excluding carboxylic acids is 2. The van der Waals surface area contributed by atoms with E-state index in [1.165, 1.54) is 0 Å². The molecule has 1 atom stereocenters. The van der Waals surface area contributed by atoms with Crippen molar-refractivity contribution < 1.29 is 14.7 Å². The highest BCUT2D eigenvalue weighted by atomic mass is 16.3. The van der Waals surface area contributed by atoms with Crippen LogP contribution in [0.2, 0.25) is 0 Å². The lowest BCUT2D eigenvalue weighted by molar-refractivity contribution is -0.105. The van der Waals surface area contributed by atoms with Gasteiger partial charge in [0, 0.05) is 30.3 Å². The molecule has 0 saturated heterocycles. The fraction of sp³-hybridized carbons (Fsp3) is 0.222. The maximum absolute atomic E-state index is 12.2. The zero-order valence-corrected chi connectivity index (χ0v) is 12.7. The SMILES string of the molecule is O=CNc1ccc(C(=O)NCC(CCO)c2ccccc2)cc1. The van der Waals surface area contributed by atoms with Crippen molar-refractivity contribution in [3.63, 3.8) is 0 Å². The zero-order valence-electron chi connectivity index (χ0n) is 12.7. The summed E-state index contributed by atoms with van der Waals surface area (Å²) in [5, 5.41) is 14.6. The number of hydrogen-bond acceptors (Lipinski definition) is 3. The van der Waals surface area contributed by atoms with E-state index >= 15 is 0 Å². The average Bonchev–Trinajstić information content (AvgIpc) is 2.60. The largest absolute Gasteiger partial charge is 0.396 e.